The first-order valence-corrected chi connectivity index (χ1v) is 8.89. The van der Waals surface area contributed by atoms with Crippen LogP contribution in [0, 0.1) is 6.92 Å². The molecule has 2 aromatic carbocycles. The number of aryl methyl sites for hydroxylation is 1. The SMILES string of the molecule is Cc1cc(Nc2ccc(N3CCOCC3)cc2)nc(-c2ccccc2)n1. The lowest BCUT2D eigenvalue weighted by molar-refractivity contribution is 0.122. The Kier molecular flexibility index (Phi) is 4.80. The molecule has 0 aliphatic carbocycles. The molecule has 3 aromatic rings. The molecule has 1 saturated heterocycles. The molecule has 1 aromatic heterocycles. The molecule has 132 valence electrons. The third kappa shape index (κ3) is 3.83. The molecule has 0 bridgehead atoms. The van der Waals surface area contributed by atoms with Crippen molar-refractivity contribution < 1.29 is 4.74 Å². The van der Waals surface area contributed by atoms with Gasteiger partial charge in [-0.1, -0.05) is 30.3 Å². The number of hydrogen-bond acceptors (Lipinski definition) is 5. The summed E-state index contributed by atoms with van der Waals surface area (Å²) in [7, 11) is 0. The average Bonchev–Trinajstić information content (AvgIpc) is 2.69. The average molecular weight is 346 g/mol. The summed E-state index contributed by atoms with van der Waals surface area (Å²) in [6, 6.07) is 20.5. The zero-order chi connectivity index (χ0) is 17.8. The second kappa shape index (κ2) is 7.54. The topological polar surface area (TPSA) is 50.3 Å². The fourth-order valence-electron chi connectivity index (χ4n) is 3.07. The zero-order valence-electron chi connectivity index (χ0n) is 14.9. The van der Waals surface area contributed by atoms with E-state index >= 15 is 0 Å². The Morgan fingerprint density at radius 1 is 0.923 bits per heavy atom. The summed E-state index contributed by atoms with van der Waals surface area (Å²) in [6.07, 6.45) is 0. The Hall–Kier alpha value is -2.92. The van der Waals surface area contributed by atoms with Gasteiger partial charge in [-0.25, -0.2) is 9.97 Å². The summed E-state index contributed by atoms with van der Waals surface area (Å²) in [6.45, 7) is 5.46. The van der Waals surface area contributed by atoms with E-state index in [2.05, 4.69) is 44.5 Å². The zero-order valence-corrected chi connectivity index (χ0v) is 14.9. The third-order valence-electron chi connectivity index (χ3n) is 4.40. The first-order chi connectivity index (χ1) is 12.8. The van der Waals surface area contributed by atoms with Crippen molar-refractivity contribution in [3.63, 3.8) is 0 Å². The predicted molar refractivity (Wildman–Crippen MR) is 105 cm³/mol. The minimum Gasteiger partial charge on any atom is -0.378 e. The molecule has 1 aliphatic rings. The van der Waals surface area contributed by atoms with Gasteiger partial charge in [-0.2, -0.15) is 0 Å². The van der Waals surface area contributed by atoms with Crippen molar-refractivity contribution in [3.8, 4) is 11.4 Å². The number of ether oxygens (including phenoxy) is 1. The number of nitrogens with zero attached hydrogens (tertiary/aromatic N) is 3. The van der Waals surface area contributed by atoms with Crippen molar-refractivity contribution in [2.75, 3.05) is 36.5 Å². The van der Waals surface area contributed by atoms with Crippen molar-refractivity contribution in [1.82, 2.24) is 9.97 Å². The van der Waals surface area contributed by atoms with Crippen LogP contribution in [0.2, 0.25) is 0 Å². The third-order valence-corrected chi connectivity index (χ3v) is 4.40. The molecule has 1 aliphatic heterocycles. The maximum Gasteiger partial charge on any atom is 0.161 e. The predicted octanol–water partition coefficient (Wildman–Crippen LogP) is 4.03. The Labute approximate surface area is 153 Å². The Morgan fingerprint density at radius 3 is 2.38 bits per heavy atom. The van der Waals surface area contributed by atoms with Crippen molar-refractivity contribution in [2.45, 2.75) is 6.92 Å². The fourth-order valence-corrected chi connectivity index (χ4v) is 3.07. The smallest absolute Gasteiger partial charge is 0.161 e. The molecule has 0 amide bonds. The fraction of sp³-hybridized carbons (Fsp3) is 0.238. The van der Waals surface area contributed by atoms with E-state index in [9.17, 15) is 0 Å². The molecule has 26 heavy (non-hydrogen) atoms. The van der Waals surface area contributed by atoms with Gasteiger partial charge in [0.2, 0.25) is 0 Å². The molecule has 0 atom stereocenters. The summed E-state index contributed by atoms with van der Waals surface area (Å²) >= 11 is 0. The Balaban J connectivity index is 1.52. The number of nitrogens with one attached hydrogen (secondary N) is 1. The van der Waals surface area contributed by atoms with Crippen LogP contribution in [0.4, 0.5) is 17.2 Å². The number of morpholine rings is 1. The van der Waals surface area contributed by atoms with E-state index in [0.717, 1.165) is 54.9 Å². The molecule has 5 heteroatoms. The number of rotatable bonds is 4. The van der Waals surface area contributed by atoms with Crippen molar-refractivity contribution in [3.05, 3.63) is 66.4 Å². The maximum absolute atomic E-state index is 5.41. The van der Waals surface area contributed by atoms with Gasteiger partial charge in [-0.05, 0) is 31.2 Å². The van der Waals surface area contributed by atoms with Crippen LogP contribution >= 0.6 is 0 Å². The monoisotopic (exact) mass is 346 g/mol. The van der Waals surface area contributed by atoms with Crippen LogP contribution in [0.1, 0.15) is 5.69 Å². The van der Waals surface area contributed by atoms with Crippen molar-refractivity contribution in [1.29, 1.82) is 0 Å². The molecule has 2 heterocycles. The van der Waals surface area contributed by atoms with E-state index in [0.29, 0.717) is 0 Å². The quantitative estimate of drug-likeness (QED) is 0.773. The first kappa shape index (κ1) is 16.5. The van der Waals surface area contributed by atoms with E-state index in [1.807, 2.05) is 43.3 Å². The van der Waals surface area contributed by atoms with Crippen LogP contribution in [0.3, 0.4) is 0 Å². The molecule has 1 N–H and O–H groups in total. The van der Waals surface area contributed by atoms with E-state index in [4.69, 9.17) is 4.74 Å². The van der Waals surface area contributed by atoms with Gasteiger partial charge in [0.05, 0.1) is 13.2 Å². The van der Waals surface area contributed by atoms with Gasteiger partial charge in [-0.15, -0.1) is 0 Å². The van der Waals surface area contributed by atoms with E-state index < -0.39 is 0 Å². The molecular formula is C21H22N4O. The van der Waals surface area contributed by atoms with Gasteiger partial charge in [0.15, 0.2) is 5.82 Å². The van der Waals surface area contributed by atoms with Gasteiger partial charge < -0.3 is 15.0 Å². The molecule has 0 unspecified atom stereocenters. The van der Waals surface area contributed by atoms with E-state index in [1.165, 1.54) is 5.69 Å². The van der Waals surface area contributed by atoms with Crippen LogP contribution in [-0.4, -0.2) is 36.3 Å². The molecule has 0 saturated carbocycles. The summed E-state index contributed by atoms with van der Waals surface area (Å²) < 4.78 is 5.41. The first-order valence-electron chi connectivity index (χ1n) is 8.89. The molecule has 5 nitrogen and oxygen atoms in total. The number of anilines is 3. The summed E-state index contributed by atoms with van der Waals surface area (Å²) in [4.78, 5) is 11.6. The lowest BCUT2D eigenvalue weighted by Crippen LogP contribution is -2.36. The number of aromatic nitrogens is 2. The number of benzene rings is 2. The summed E-state index contributed by atoms with van der Waals surface area (Å²) in [5, 5.41) is 3.39. The number of hydrogen-bond donors (Lipinski definition) is 1. The Bertz CT molecular complexity index is 859. The van der Waals surface area contributed by atoms with Crippen molar-refractivity contribution >= 4 is 17.2 Å². The van der Waals surface area contributed by atoms with Crippen molar-refractivity contribution in [2.24, 2.45) is 0 Å². The molecule has 4 rings (SSSR count). The highest BCUT2D eigenvalue weighted by Gasteiger charge is 2.11. The molecular weight excluding hydrogens is 324 g/mol. The lowest BCUT2D eigenvalue weighted by Gasteiger charge is -2.28. The highest BCUT2D eigenvalue weighted by atomic mass is 16.5. The van der Waals surface area contributed by atoms with Gasteiger partial charge in [0, 0.05) is 41.8 Å². The summed E-state index contributed by atoms with van der Waals surface area (Å²) in [5.41, 5.74) is 4.19. The van der Waals surface area contributed by atoms with Gasteiger partial charge in [0.25, 0.3) is 0 Å². The van der Waals surface area contributed by atoms with Crippen LogP contribution in [0.5, 0.6) is 0 Å². The largest absolute Gasteiger partial charge is 0.378 e. The second-order valence-electron chi connectivity index (χ2n) is 6.36. The maximum atomic E-state index is 5.41. The van der Waals surface area contributed by atoms with Gasteiger partial charge in [0.1, 0.15) is 5.82 Å². The molecule has 0 radical (unpaired) electrons. The standard InChI is InChI=1S/C21H22N4O/c1-16-15-20(24-21(22-16)17-5-3-2-4-6-17)23-18-7-9-19(10-8-18)25-11-13-26-14-12-25/h2-10,15H,11-14H2,1H3,(H,22,23,24). The highest BCUT2D eigenvalue weighted by Crippen LogP contribution is 2.23. The minimum atomic E-state index is 0.734. The van der Waals surface area contributed by atoms with Crippen LogP contribution in [0.15, 0.2) is 60.7 Å². The van der Waals surface area contributed by atoms with Crippen LogP contribution in [0.25, 0.3) is 11.4 Å². The molecule has 1 fully saturated rings. The van der Waals surface area contributed by atoms with Crippen LogP contribution in [-0.2, 0) is 4.74 Å². The lowest BCUT2D eigenvalue weighted by atomic mass is 10.2. The second-order valence-corrected chi connectivity index (χ2v) is 6.36. The highest BCUT2D eigenvalue weighted by molar-refractivity contribution is 5.63. The Morgan fingerprint density at radius 2 is 1.65 bits per heavy atom. The van der Waals surface area contributed by atoms with Gasteiger partial charge >= 0.3 is 0 Å². The van der Waals surface area contributed by atoms with E-state index in [-0.39, 0.29) is 0 Å². The normalized spacial score (nSPS) is 14.3. The van der Waals surface area contributed by atoms with E-state index in [1.54, 1.807) is 0 Å². The summed E-state index contributed by atoms with van der Waals surface area (Å²) in [5.74, 6) is 1.54. The minimum absolute atomic E-state index is 0.734. The van der Waals surface area contributed by atoms with Gasteiger partial charge in [-0.3, -0.25) is 0 Å². The molecule has 0 spiro atoms. The van der Waals surface area contributed by atoms with Crippen LogP contribution < -0.4 is 10.2 Å².